The van der Waals surface area contributed by atoms with Gasteiger partial charge in [-0.05, 0) is 12.1 Å². The summed E-state index contributed by atoms with van der Waals surface area (Å²) in [5, 5.41) is 11.4. The molecule has 0 saturated carbocycles. The first-order valence-electron chi connectivity index (χ1n) is 11.1. The summed E-state index contributed by atoms with van der Waals surface area (Å²) in [7, 11) is -3.18. The van der Waals surface area contributed by atoms with Crippen LogP contribution in [0.25, 0.3) is 5.69 Å². The molecule has 1 aromatic heterocycles. The van der Waals surface area contributed by atoms with E-state index >= 15 is 0 Å². The Kier molecular flexibility index (Phi) is 11.2. The molecule has 0 spiro atoms. The number of alkyl halides is 6. The summed E-state index contributed by atoms with van der Waals surface area (Å²) in [5.41, 5.74) is -8.62. The van der Waals surface area contributed by atoms with Crippen LogP contribution in [-0.4, -0.2) is 63.9 Å². The van der Waals surface area contributed by atoms with Gasteiger partial charge in [0.25, 0.3) is 0 Å². The van der Waals surface area contributed by atoms with Crippen LogP contribution in [0.5, 0.6) is 0 Å². The third-order valence-electron chi connectivity index (χ3n) is 4.94. The van der Waals surface area contributed by atoms with Gasteiger partial charge >= 0.3 is 29.7 Å². The Hall–Kier alpha value is -3.56. The molecule has 0 bridgehead atoms. The molecule has 0 N–H and O–H groups in total. The number of amides is 1. The molecular weight excluding hydrogens is 649 g/mol. The van der Waals surface area contributed by atoms with Gasteiger partial charge in [-0.2, -0.15) is 36.7 Å². The van der Waals surface area contributed by atoms with Crippen LogP contribution in [0, 0.1) is 11.3 Å². The molecule has 1 heterocycles. The Bertz CT molecular complexity index is 1420. The van der Waals surface area contributed by atoms with Gasteiger partial charge < -0.3 is 14.2 Å². The normalized spacial score (nSPS) is 13.1. The number of rotatable bonds is 9. The van der Waals surface area contributed by atoms with Gasteiger partial charge in [-0.25, -0.2) is 13.7 Å². The number of carbonyl (C=O) groups excluding carboxylic acids is 3. The van der Waals surface area contributed by atoms with E-state index in [-0.39, 0.29) is 6.42 Å². The van der Waals surface area contributed by atoms with E-state index in [4.69, 9.17) is 37.4 Å². The number of hydrogen-bond donors (Lipinski definition) is 0. The van der Waals surface area contributed by atoms with Gasteiger partial charge in [0.15, 0.2) is 22.3 Å². The van der Waals surface area contributed by atoms with Crippen LogP contribution in [0.4, 0.5) is 37.0 Å². The predicted octanol–water partition coefficient (Wildman–Crippen LogP) is 5.15. The Balaban J connectivity index is 2.58. The van der Waals surface area contributed by atoms with Crippen molar-refractivity contribution >= 4 is 57.9 Å². The lowest BCUT2D eigenvalue weighted by molar-refractivity contribution is -0.157. The van der Waals surface area contributed by atoms with Gasteiger partial charge in [0.2, 0.25) is 0 Å². The van der Waals surface area contributed by atoms with Crippen molar-refractivity contribution in [1.82, 2.24) is 9.78 Å². The molecule has 0 aliphatic carbocycles. The fraction of sp³-hybridized carbons (Fsp3) is 0.409. The standard InChI is InChI=1S/C22H18Cl2F6N4O7S/c1-10(35)40-9-13(41-11(2)36)4-5-39-20(37)33(3)19-18(42(38)22(28,29)30)16(8-31)32-34(19)17-14(23)6-12(7-15(17)24)21(25,26)27/h6-7,13H,4-5,9H2,1-3H3. The maximum Gasteiger partial charge on any atom is 0.476 e. The second-order valence-electron chi connectivity index (χ2n) is 8.02. The number of carbonyl (C=O) groups is 3. The van der Waals surface area contributed by atoms with E-state index in [2.05, 4.69) is 5.10 Å². The van der Waals surface area contributed by atoms with Crippen molar-refractivity contribution in [2.45, 2.75) is 43.0 Å². The molecule has 2 unspecified atom stereocenters. The van der Waals surface area contributed by atoms with E-state index in [1.807, 2.05) is 0 Å². The lowest BCUT2D eigenvalue weighted by Gasteiger charge is -2.22. The Morgan fingerprint density at radius 2 is 1.67 bits per heavy atom. The largest absolute Gasteiger partial charge is 0.476 e. The van der Waals surface area contributed by atoms with E-state index in [9.17, 15) is 50.2 Å². The summed E-state index contributed by atoms with van der Waals surface area (Å²) in [6.45, 7) is 1.14. The third kappa shape index (κ3) is 8.49. The van der Waals surface area contributed by atoms with Crippen molar-refractivity contribution in [1.29, 1.82) is 5.26 Å². The fourth-order valence-corrected chi connectivity index (χ4v) is 4.75. The van der Waals surface area contributed by atoms with Crippen LogP contribution in [0.1, 0.15) is 31.5 Å². The molecule has 1 amide bonds. The van der Waals surface area contributed by atoms with Crippen LogP contribution in [0.3, 0.4) is 0 Å². The number of aromatic nitrogens is 2. The highest BCUT2D eigenvalue weighted by molar-refractivity contribution is 7.86. The summed E-state index contributed by atoms with van der Waals surface area (Å²) in [6.07, 6.45) is -7.71. The molecular formula is C22H18Cl2F6N4O7S. The quantitative estimate of drug-likeness (QED) is 0.202. The summed E-state index contributed by atoms with van der Waals surface area (Å²) in [5.74, 6) is -2.50. The number of halogens is 8. The Morgan fingerprint density at radius 1 is 1.10 bits per heavy atom. The molecule has 2 rings (SSSR count). The fourth-order valence-electron chi connectivity index (χ4n) is 3.22. The second kappa shape index (κ2) is 13.6. The van der Waals surface area contributed by atoms with Gasteiger partial charge in [-0.1, -0.05) is 23.2 Å². The molecule has 20 heteroatoms. The highest BCUT2D eigenvalue weighted by Crippen LogP contribution is 2.42. The molecule has 11 nitrogen and oxygen atoms in total. The Labute approximate surface area is 245 Å². The van der Waals surface area contributed by atoms with E-state index in [0.717, 1.165) is 20.9 Å². The number of nitrogens with zero attached hydrogens (tertiary/aromatic N) is 4. The van der Waals surface area contributed by atoms with E-state index in [1.165, 1.54) is 6.07 Å². The first-order chi connectivity index (χ1) is 19.3. The SMILES string of the molecule is CC(=O)OCC(CCOC(=O)N(C)c1c(S(=O)C(F)(F)F)c(C#N)nn1-c1c(Cl)cc(C(F)(F)F)cc1Cl)OC(C)=O. The number of benzene rings is 1. The van der Waals surface area contributed by atoms with Crippen molar-refractivity contribution in [3.05, 3.63) is 33.4 Å². The minimum absolute atomic E-state index is 0.257. The smallest absolute Gasteiger partial charge is 0.462 e. The van der Waals surface area contributed by atoms with E-state index in [1.54, 1.807) is 0 Å². The maximum atomic E-state index is 13.5. The van der Waals surface area contributed by atoms with Crippen molar-refractivity contribution in [3.63, 3.8) is 0 Å². The summed E-state index contributed by atoms with van der Waals surface area (Å²) in [4.78, 5) is 34.2. The molecule has 42 heavy (non-hydrogen) atoms. The highest BCUT2D eigenvalue weighted by Gasteiger charge is 2.44. The molecule has 0 saturated heterocycles. The number of hydrogen-bond acceptors (Lipinski definition) is 9. The average Bonchev–Trinajstić information content (AvgIpc) is 3.22. The average molecular weight is 667 g/mol. The lowest BCUT2D eigenvalue weighted by Crippen LogP contribution is -2.32. The van der Waals surface area contributed by atoms with Crippen LogP contribution in [-0.2, 0) is 40.8 Å². The van der Waals surface area contributed by atoms with Crippen LogP contribution >= 0.6 is 23.2 Å². The van der Waals surface area contributed by atoms with Gasteiger partial charge in [0.05, 0.1) is 22.2 Å². The topological polar surface area (TPSA) is 141 Å². The number of ether oxygens (including phenoxy) is 3. The van der Waals surface area contributed by atoms with Gasteiger partial charge in [0.1, 0.15) is 29.4 Å². The molecule has 0 radical (unpaired) electrons. The third-order valence-corrected chi connectivity index (χ3v) is 6.68. The van der Waals surface area contributed by atoms with Crippen molar-refractivity contribution in [2.24, 2.45) is 0 Å². The molecule has 230 valence electrons. The summed E-state index contributed by atoms with van der Waals surface area (Å²) < 4.78 is 108. The monoisotopic (exact) mass is 666 g/mol. The highest BCUT2D eigenvalue weighted by atomic mass is 35.5. The zero-order chi connectivity index (χ0) is 32.2. The first-order valence-corrected chi connectivity index (χ1v) is 13.0. The molecule has 0 aliphatic heterocycles. The molecule has 1 aromatic carbocycles. The van der Waals surface area contributed by atoms with Crippen LogP contribution in [0.2, 0.25) is 10.0 Å². The summed E-state index contributed by atoms with van der Waals surface area (Å²) in [6, 6.07) is 2.03. The van der Waals surface area contributed by atoms with Gasteiger partial charge in [-0.15, -0.1) is 0 Å². The minimum atomic E-state index is -5.49. The zero-order valence-corrected chi connectivity index (χ0v) is 23.8. The van der Waals surface area contributed by atoms with Gasteiger partial charge in [0, 0.05) is 27.3 Å². The first kappa shape index (κ1) is 34.6. The number of anilines is 1. The van der Waals surface area contributed by atoms with E-state index in [0.29, 0.717) is 21.7 Å². The predicted molar refractivity (Wildman–Crippen MR) is 132 cm³/mol. The minimum Gasteiger partial charge on any atom is -0.462 e. The molecule has 0 fully saturated rings. The van der Waals surface area contributed by atoms with Crippen LogP contribution < -0.4 is 4.90 Å². The maximum absolute atomic E-state index is 13.5. The van der Waals surface area contributed by atoms with Gasteiger partial charge in [-0.3, -0.25) is 14.5 Å². The Morgan fingerprint density at radius 3 is 2.12 bits per heavy atom. The van der Waals surface area contributed by atoms with Crippen molar-refractivity contribution in [2.75, 3.05) is 25.2 Å². The molecule has 2 atom stereocenters. The van der Waals surface area contributed by atoms with E-state index < -0.39 is 97.5 Å². The van der Waals surface area contributed by atoms with Crippen molar-refractivity contribution in [3.8, 4) is 11.8 Å². The summed E-state index contributed by atoms with van der Waals surface area (Å²) >= 11 is 12.0. The van der Waals surface area contributed by atoms with Crippen molar-refractivity contribution < 1.29 is 59.1 Å². The lowest BCUT2D eigenvalue weighted by atomic mass is 10.2. The van der Waals surface area contributed by atoms with Crippen LogP contribution in [0.15, 0.2) is 17.0 Å². The molecule has 2 aromatic rings. The zero-order valence-electron chi connectivity index (χ0n) is 21.4. The molecule has 0 aliphatic rings. The second-order valence-corrected chi connectivity index (χ2v) is 10.2. The number of esters is 2. The number of nitriles is 1.